The van der Waals surface area contributed by atoms with Gasteiger partial charge in [0.2, 0.25) is 5.91 Å². The van der Waals surface area contributed by atoms with Gasteiger partial charge in [0.15, 0.2) is 0 Å². The van der Waals surface area contributed by atoms with Crippen molar-refractivity contribution in [3.8, 4) is 0 Å². The zero-order valence-electron chi connectivity index (χ0n) is 14.6. The first-order valence-corrected chi connectivity index (χ1v) is 9.03. The van der Waals surface area contributed by atoms with Gasteiger partial charge in [-0.2, -0.15) is 0 Å². The molecule has 0 aliphatic rings. The second kappa shape index (κ2) is 8.32. The second-order valence-electron chi connectivity index (χ2n) is 5.79. The smallest absolute Gasteiger partial charge is 0.341 e. The Bertz CT molecular complexity index is 824. The molecule has 1 aromatic carbocycles. The Morgan fingerprint density at radius 2 is 1.92 bits per heavy atom. The van der Waals surface area contributed by atoms with Gasteiger partial charge in [-0.1, -0.05) is 29.8 Å². The Morgan fingerprint density at radius 3 is 2.56 bits per heavy atom. The summed E-state index contributed by atoms with van der Waals surface area (Å²) in [6.07, 6.45) is 2.80. The number of nitrogens with one attached hydrogen (secondary N) is 1. The molecular formula is C19H20ClNO3S. The SMILES string of the molecule is Cc1sc(NC(=O)C=Cc2ccccc2Cl)c(C(=O)OC(C)C)c1C. The molecule has 0 aliphatic heterocycles. The average Bonchev–Trinajstić information content (AvgIpc) is 2.80. The van der Waals surface area contributed by atoms with Crippen LogP contribution in [0.1, 0.15) is 40.2 Å². The maximum atomic E-state index is 12.3. The standard InChI is InChI=1S/C19H20ClNO3S/c1-11(2)24-19(23)17-12(3)13(4)25-18(17)21-16(22)10-9-14-7-5-6-8-15(14)20/h5-11H,1-4H3,(H,21,22). The minimum atomic E-state index is -0.428. The lowest BCUT2D eigenvalue weighted by Crippen LogP contribution is -2.15. The van der Waals surface area contributed by atoms with E-state index in [1.807, 2.05) is 32.0 Å². The quantitative estimate of drug-likeness (QED) is 0.573. The Kier molecular flexibility index (Phi) is 6.39. The van der Waals surface area contributed by atoms with Gasteiger partial charge in [-0.25, -0.2) is 4.79 Å². The van der Waals surface area contributed by atoms with Crippen molar-refractivity contribution >= 4 is 45.9 Å². The van der Waals surface area contributed by atoms with Crippen molar-refractivity contribution in [1.29, 1.82) is 0 Å². The highest BCUT2D eigenvalue weighted by atomic mass is 35.5. The summed E-state index contributed by atoms with van der Waals surface area (Å²) in [5.74, 6) is -0.762. The Labute approximate surface area is 156 Å². The fraction of sp³-hybridized carbons (Fsp3) is 0.263. The number of amides is 1. The molecule has 0 bridgehead atoms. The highest BCUT2D eigenvalue weighted by Gasteiger charge is 2.22. The molecule has 0 atom stereocenters. The molecule has 1 aromatic heterocycles. The molecule has 1 amide bonds. The van der Waals surface area contributed by atoms with Crippen molar-refractivity contribution in [3.63, 3.8) is 0 Å². The maximum absolute atomic E-state index is 12.3. The minimum absolute atomic E-state index is 0.226. The van der Waals surface area contributed by atoms with Crippen molar-refractivity contribution < 1.29 is 14.3 Å². The number of ether oxygens (including phenoxy) is 1. The molecule has 0 fully saturated rings. The third-order valence-electron chi connectivity index (χ3n) is 3.49. The number of hydrogen-bond acceptors (Lipinski definition) is 4. The summed E-state index contributed by atoms with van der Waals surface area (Å²) in [5.41, 5.74) is 1.98. The normalized spacial score (nSPS) is 11.1. The molecule has 25 heavy (non-hydrogen) atoms. The number of halogens is 1. The van der Waals surface area contributed by atoms with E-state index in [9.17, 15) is 9.59 Å². The molecule has 2 aromatic rings. The van der Waals surface area contributed by atoms with Gasteiger partial charge in [0.05, 0.1) is 11.7 Å². The molecule has 6 heteroatoms. The minimum Gasteiger partial charge on any atom is -0.459 e. The lowest BCUT2D eigenvalue weighted by Gasteiger charge is -2.09. The number of hydrogen-bond donors (Lipinski definition) is 1. The van der Waals surface area contributed by atoms with Gasteiger partial charge in [0, 0.05) is 16.0 Å². The molecule has 0 saturated heterocycles. The summed E-state index contributed by atoms with van der Waals surface area (Å²) >= 11 is 7.42. The lowest BCUT2D eigenvalue weighted by atomic mass is 10.1. The van der Waals surface area contributed by atoms with Crippen molar-refractivity contribution in [2.24, 2.45) is 0 Å². The Hall–Kier alpha value is -2.11. The topological polar surface area (TPSA) is 55.4 Å². The number of carbonyl (C=O) groups is 2. The summed E-state index contributed by atoms with van der Waals surface area (Å²) in [7, 11) is 0. The summed E-state index contributed by atoms with van der Waals surface area (Å²) in [4.78, 5) is 25.5. The number of rotatable bonds is 5. The van der Waals surface area contributed by atoms with Crippen molar-refractivity contribution in [2.45, 2.75) is 33.8 Å². The number of benzene rings is 1. The van der Waals surface area contributed by atoms with E-state index in [0.717, 1.165) is 16.0 Å². The number of anilines is 1. The number of esters is 1. The van der Waals surface area contributed by atoms with Crippen LogP contribution >= 0.6 is 22.9 Å². The monoisotopic (exact) mass is 377 g/mol. The molecule has 1 N–H and O–H groups in total. The van der Waals surface area contributed by atoms with Crippen LogP contribution in [0.15, 0.2) is 30.3 Å². The van der Waals surface area contributed by atoms with Crippen LogP contribution < -0.4 is 5.32 Å². The maximum Gasteiger partial charge on any atom is 0.341 e. The van der Waals surface area contributed by atoms with Crippen LogP contribution in [0, 0.1) is 13.8 Å². The van der Waals surface area contributed by atoms with E-state index in [0.29, 0.717) is 15.6 Å². The van der Waals surface area contributed by atoms with Crippen LogP contribution in [-0.2, 0) is 9.53 Å². The van der Waals surface area contributed by atoms with E-state index in [1.165, 1.54) is 17.4 Å². The van der Waals surface area contributed by atoms with Gasteiger partial charge < -0.3 is 10.1 Å². The number of thiophene rings is 1. The van der Waals surface area contributed by atoms with Crippen LogP contribution in [0.25, 0.3) is 6.08 Å². The molecule has 0 aliphatic carbocycles. The van der Waals surface area contributed by atoms with Crippen molar-refractivity contribution in [1.82, 2.24) is 0 Å². The van der Waals surface area contributed by atoms with Crippen LogP contribution in [0.3, 0.4) is 0 Å². The zero-order chi connectivity index (χ0) is 18.6. The van der Waals surface area contributed by atoms with E-state index in [-0.39, 0.29) is 12.0 Å². The van der Waals surface area contributed by atoms with Crippen molar-refractivity contribution in [3.05, 3.63) is 56.9 Å². The average molecular weight is 378 g/mol. The van der Waals surface area contributed by atoms with Gasteiger partial charge in [-0.3, -0.25) is 4.79 Å². The van der Waals surface area contributed by atoms with E-state index in [1.54, 1.807) is 26.0 Å². The molecule has 1 heterocycles. The van der Waals surface area contributed by atoms with Gasteiger partial charge in [-0.15, -0.1) is 11.3 Å². The van der Waals surface area contributed by atoms with Gasteiger partial charge in [0.1, 0.15) is 5.00 Å². The first-order valence-electron chi connectivity index (χ1n) is 7.84. The highest BCUT2D eigenvalue weighted by Crippen LogP contribution is 2.33. The molecule has 0 saturated carbocycles. The largest absolute Gasteiger partial charge is 0.459 e. The Morgan fingerprint density at radius 1 is 1.24 bits per heavy atom. The molecular weight excluding hydrogens is 358 g/mol. The summed E-state index contributed by atoms with van der Waals surface area (Å²) < 4.78 is 5.28. The fourth-order valence-corrected chi connectivity index (χ4v) is 3.41. The van der Waals surface area contributed by atoms with Crippen molar-refractivity contribution in [2.75, 3.05) is 5.32 Å². The molecule has 0 radical (unpaired) electrons. The molecule has 132 valence electrons. The van der Waals surface area contributed by atoms with Crippen LogP contribution in [0.5, 0.6) is 0 Å². The highest BCUT2D eigenvalue weighted by molar-refractivity contribution is 7.16. The lowest BCUT2D eigenvalue weighted by molar-refractivity contribution is -0.111. The predicted molar refractivity (Wildman–Crippen MR) is 103 cm³/mol. The van der Waals surface area contributed by atoms with E-state index in [4.69, 9.17) is 16.3 Å². The molecule has 4 nitrogen and oxygen atoms in total. The van der Waals surface area contributed by atoms with E-state index in [2.05, 4.69) is 5.32 Å². The fourth-order valence-electron chi connectivity index (χ4n) is 2.16. The van der Waals surface area contributed by atoms with Gasteiger partial charge >= 0.3 is 5.97 Å². The van der Waals surface area contributed by atoms with E-state index >= 15 is 0 Å². The first-order chi connectivity index (χ1) is 11.8. The summed E-state index contributed by atoms with van der Waals surface area (Å²) in [6.45, 7) is 7.33. The zero-order valence-corrected chi connectivity index (χ0v) is 16.1. The number of carbonyl (C=O) groups excluding carboxylic acids is 2. The van der Waals surface area contributed by atoms with Crippen LogP contribution in [-0.4, -0.2) is 18.0 Å². The van der Waals surface area contributed by atoms with Gasteiger partial charge in [0.25, 0.3) is 0 Å². The summed E-state index contributed by atoms with van der Waals surface area (Å²) in [5, 5.41) is 3.83. The predicted octanol–water partition coefficient (Wildman–Crippen LogP) is 5.24. The van der Waals surface area contributed by atoms with Gasteiger partial charge in [-0.05, 0) is 51.0 Å². The molecule has 0 spiro atoms. The van der Waals surface area contributed by atoms with Crippen LogP contribution in [0.4, 0.5) is 5.00 Å². The van der Waals surface area contributed by atoms with Crippen LogP contribution in [0.2, 0.25) is 5.02 Å². The first kappa shape index (κ1) is 19.2. The Balaban J connectivity index is 2.20. The second-order valence-corrected chi connectivity index (χ2v) is 7.42. The summed E-state index contributed by atoms with van der Waals surface area (Å²) in [6, 6.07) is 7.24. The van der Waals surface area contributed by atoms with E-state index < -0.39 is 5.97 Å². The number of aryl methyl sites for hydroxylation is 1. The molecule has 0 unspecified atom stereocenters. The molecule has 2 rings (SSSR count). The third-order valence-corrected chi connectivity index (χ3v) is 4.96. The third kappa shape index (κ3) is 4.94.